The molecule has 2 N–H and O–H groups in total. The molecular weight excluding hydrogens is 364 g/mol. The number of thiophene rings is 1. The van der Waals surface area contributed by atoms with Gasteiger partial charge in [0.2, 0.25) is 0 Å². The molecule has 1 unspecified atom stereocenters. The summed E-state index contributed by atoms with van der Waals surface area (Å²) in [5.74, 6) is 0.309. The molecule has 1 saturated heterocycles. The van der Waals surface area contributed by atoms with Crippen molar-refractivity contribution in [1.82, 2.24) is 0 Å². The monoisotopic (exact) mass is 386 g/mol. The van der Waals surface area contributed by atoms with Gasteiger partial charge in [-0.05, 0) is 49.8 Å². The molecule has 0 spiro atoms. The first kappa shape index (κ1) is 18.0. The van der Waals surface area contributed by atoms with Gasteiger partial charge in [0, 0.05) is 23.2 Å². The first-order chi connectivity index (χ1) is 13.2. The molecule has 0 saturated carbocycles. The fourth-order valence-corrected chi connectivity index (χ4v) is 4.89. The standard InChI is InChI=1S/C20H22N2O4S/c1-25-13-6-2-5-12(11-13)21-19(24)17-14-7-3-9-16(14)27-20(17)22-18(23)15-8-4-10-26-15/h2,5-6,11,15H,3-4,7-10H2,1H3,(H,21,24)(H,22,23). The second kappa shape index (κ2) is 7.70. The Kier molecular flexibility index (Phi) is 5.13. The van der Waals surface area contributed by atoms with Gasteiger partial charge in [0.15, 0.2) is 0 Å². The Morgan fingerprint density at radius 1 is 1.22 bits per heavy atom. The molecule has 27 heavy (non-hydrogen) atoms. The lowest BCUT2D eigenvalue weighted by atomic mass is 10.1. The smallest absolute Gasteiger partial charge is 0.258 e. The van der Waals surface area contributed by atoms with Crippen LogP contribution in [0.2, 0.25) is 0 Å². The van der Waals surface area contributed by atoms with Gasteiger partial charge in [-0.15, -0.1) is 11.3 Å². The third-order valence-corrected chi connectivity index (χ3v) is 6.14. The average Bonchev–Trinajstić information content (AvgIpc) is 3.38. The molecule has 1 aliphatic heterocycles. The Hall–Kier alpha value is -2.38. The number of anilines is 2. The van der Waals surface area contributed by atoms with Gasteiger partial charge >= 0.3 is 0 Å². The van der Waals surface area contributed by atoms with E-state index in [1.165, 1.54) is 16.2 Å². The second-order valence-electron chi connectivity index (χ2n) is 6.74. The Bertz CT molecular complexity index is 871. The summed E-state index contributed by atoms with van der Waals surface area (Å²) in [5, 5.41) is 6.50. The fraction of sp³-hybridized carbons (Fsp3) is 0.400. The van der Waals surface area contributed by atoms with Crippen LogP contribution in [0.5, 0.6) is 5.75 Å². The van der Waals surface area contributed by atoms with Crippen molar-refractivity contribution in [2.24, 2.45) is 0 Å². The Balaban J connectivity index is 1.58. The zero-order chi connectivity index (χ0) is 18.8. The number of aryl methyl sites for hydroxylation is 1. The summed E-state index contributed by atoms with van der Waals surface area (Å²) in [7, 11) is 1.59. The molecule has 1 aromatic carbocycles. The number of amides is 2. The van der Waals surface area contributed by atoms with Crippen LogP contribution in [-0.4, -0.2) is 31.6 Å². The van der Waals surface area contributed by atoms with Crippen molar-refractivity contribution in [3.63, 3.8) is 0 Å². The molecule has 0 radical (unpaired) electrons. The van der Waals surface area contributed by atoms with E-state index in [1.54, 1.807) is 13.2 Å². The third-order valence-electron chi connectivity index (χ3n) is 4.93. The topological polar surface area (TPSA) is 76.7 Å². The Labute approximate surface area is 161 Å². The van der Waals surface area contributed by atoms with Gasteiger partial charge in [-0.25, -0.2) is 0 Å². The van der Waals surface area contributed by atoms with Gasteiger partial charge in [0.05, 0.1) is 12.7 Å². The first-order valence-corrected chi connectivity index (χ1v) is 10.00. The molecule has 7 heteroatoms. The lowest BCUT2D eigenvalue weighted by Gasteiger charge is -2.12. The van der Waals surface area contributed by atoms with E-state index in [0.717, 1.165) is 37.7 Å². The molecule has 1 atom stereocenters. The summed E-state index contributed by atoms with van der Waals surface area (Å²) in [6.45, 7) is 0.613. The molecule has 2 aromatic rings. The molecule has 142 valence electrons. The summed E-state index contributed by atoms with van der Waals surface area (Å²) < 4.78 is 10.7. The number of hydrogen-bond acceptors (Lipinski definition) is 5. The van der Waals surface area contributed by atoms with E-state index in [0.29, 0.717) is 28.6 Å². The number of nitrogens with one attached hydrogen (secondary N) is 2. The minimum atomic E-state index is -0.420. The predicted octanol–water partition coefficient (Wildman–Crippen LogP) is 3.62. The van der Waals surface area contributed by atoms with Gasteiger partial charge in [0.25, 0.3) is 11.8 Å². The van der Waals surface area contributed by atoms with Crippen LogP contribution in [0.4, 0.5) is 10.7 Å². The Morgan fingerprint density at radius 2 is 2.11 bits per heavy atom. The molecule has 1 aliphatic carbocycles. The van der Waals surface area contributed by atoms with Gasteiger partial charge in [0.1, 0.15) is 16.9 Å². The van der Waals surface area contributed by atoms with Crippen LogP contribution in [0.1, 0.15) is 40.1 Å². The van der Waals surface area contributed by atoms with Crippen LogP contribution in [0.3, 0.4) is 0 Å². The van der Waals surface area contributed by atoms with Gasteiger partial charge in [-0.2, -0.15) is 0 Å². The van der Waals surface area contributed by atoms with Crippen molar-refractivity contribution in [2.45, 2.75) is 38.2 Å². The summed E-state index contributed by atoms with van der Waals surface area (Å²) in [6, 6.07) is 7.24. The predicted molar refractivity (Wildman–Crippen MR) is 105 cm³/mol. The van der Waals surface area contributed by atoms with Crippen LogP contribution >= 0.6 is 11.3 Å². The summed E-state index contributed by atoms with van der Waals surface area (Å²) in [5.41, 5.74) is 2.30. The molecule has 2 heterocycles. The third kappa shape index (κ3) is 3.70. The van der Waals surface area contributed by atoms with Crippen molar-refractivity contribution < 1.29 is 19.1 Å². The van der Waals surface area contributed by atoms with Crippen LogP contribution in [0.25, 0.3) is 0 Å². The molecular formula is C20H22N2O4S. The zero-order valence-electron chi connectivity index (χ0n) is 15.2. The molecule has 0 bridgehead atoms. The highest BCUT2D eigenvalue weighted by atomic mass is 32.1. The zero-order valence-corrected chi connectivity index (χ0v) is 16.0. The van der Waals surface area contributed by atoms with E-state index in [2.05, 4.69) is 10.6 Å². The van der Waals surface area contributed by atoms with Crippen molar-refractivity contribution >= 4 is 33.8 Å². The van der Waals surface area contributed by atoms with Gasteiger partial charge in [-0.3, -0.25) is 9.59 Å². The largest absolute Gasteiger partial charge is 0.497 e. The van der Waals surface area contributed by atoms with E-state index in [9.17, 15) is 9.59 Å². The van der Waals surface area contributed by atoms with E-state index in [1.807, 2.05) is 18.2 Å². The van der Waals surface area contributed by atoms with Crippen LogP contribution in [0, 0.1) is 0 Å². The highest BCUT2D eigenvalue weighted by molar-refractivity contribution is 7.17. The number of carbonyl (C=O) groups excluding carboxylic acids is 2. The van der Waals surface area contributed by atoms with Gasteiger partial charge < -0.3 is 20.1 Å². The Morgan fingerprint density at radius 3 is 2.89 bits per heavy atom. The average molecular weight is 386 g/mol. The van der Waals surface area contributed by atoms with Crippen molar-refractivity contribution in [2.75, 3.05) is 24.4 Å². The number of rotatable bonds is 5. The minimum absolute atomic E-state index is 0.164. The SMILES string of the molecule is COc1cccc(NC(=O)c2c(NC(=O)C3CCCO3)sc3c2CCC3)c1. The number of carbonyl (C=O) groups is 2. The van der Waals surface area contributed by atoms with Crippen LogP contribution in [0.15, 0.2) is 24.3 Å². The molecule has 4 rings (SSSR count). The van der Waals surface area contributed by atoms with Gasteiger partial charge in [-0.1, -0.05) is 6.07 Å². The maximum atomic E-state index is 13.0. The number of ether oxygens (including phenoxy) is 2. The minimum Gasteiger partial charge on any atom is -0.497 e. The van der Waals surface area contributed by atoms with Crippen LogP contribution in [-0.2, 0) is 22.4 Å². The van der Waals surface area contributed by atoms with Crippen LogP contribution < -0.4 is 15.4 Å². The highest BCUT2D eigenvalue weighted by Crippen LogP contribution is 2.39. The van der Waals surface area contributed by atoms with E-state index in [-0.39, 0.29) is 11.8 Å². The van der Waals surface area contributed by atoms with Crippen molar-refractivity contribution in [3.8, 4) is 5.75 Å². The van der Waals surface area contributed by atoms with Crippen molar-refractivity contribution in [3.05, 3.63) is 40.3 Å². The van der Waals surface area contributed by atoms with Crippen molar-refractivity contribution in [1.29, 1.82) is 0 Å². The van der Waals surface area contributed by atoms with E-state index < -0.39 is 6.10 Å². The molecule has 1 aromatic heterocycles. The molecule has 2 aliphatic rings. The number of benzene rings is 1. The lowest BCUT2D eigenvalue weighted by molar-refractivity contribution is -0.124. The summed E-state index contributed by atoms with van der Waals surface area (Å²) in [6.07, 6.45) is 4.05. The molecule has 6 nitrogen and oxygen atoms in total. The summed E-state index contributed by atoms with van der Waals surface area (Å²) >= 11 is 1.51. The number of hydrogen-bond donors (Lipinski definition) is 2. The number of fused-ring (bicyclic) bond motifs is 1. The number of methoxy groups -OCH3 is 1. The summed E-state index contributed by atoms with van der Waals surface area (Å²) in [4.78, 5) is 26.7. The van der Waals surface area contributed by atoms with E-state index in [4.69, 9.17) is 9.47 Å². The fourth-order valence-electron chi connectivity index (χ4n) is 3.60. The highest BCUT2D eigenvalue weighted by Gasteiger charge is 2.30. The quantitative estimate of drug-likeness (QED) is 0.823. The maximum absolute atomic E-state index is 13.0. The molecule has 1 fully saturated rings. The first-order valence-electron chi connectivity index (χ1n) is 9.18. The maximum Gasteiger partial charge on any atom is 0.258 e. The molecule has 2 amide bonds. The van der Waals surface area contributed by atoms with E-state index >= 15 is 0 Å². The normalized spacial score (nSPS) is 18.2. The second-order valence-corrected chi connectivity index (χ2v) is 7.84. The lowest BCUT2D eigenvalue weighted by Crippen LogP contribution is -2.27.